The lowest BCUT2D eigenvalue weighted by atomic mass is 10.1. The number of carbonyl (C=O) groups excluding carboxylic acids is 1. The molecule has 0 bridgehead atoms. The Hall–Kier alpha value is -3.15. The lowest BCUT2D eigenvalue weighted by Crippen LogP contribution is -2.37. The Labute approximate surface area is 146 Å². The highest BCUT2D eigenvalue weighted by Gasteiger charge is 2.13. The van der Waals surface area contributed by atoms with Gasteiger partial charge in [0.05, 0.1) is 12.7 Å². The van der Waals surface area contributed by atoms with Gasteiger partial charge in [0.25, 0.3) is 5.91 Å². The first kappa shape index (κ1) is 16.7. The molecule has 25 heavy (non-hydrogen) atoms. The van der Waals surface area contributed by atoms with E-state index < -0.39 is 6.10 Å². The van der Waals surface area contributed by atoms with Crippen molar-refractivity contribution in [2.24, 2.45) is 0 Å². The van der Waals surface area contributed by atoms with Gasteiger partial charge in [-0.1, -0.05) is 18.2 Å². The van der Waals surface area contributed by atoms with Crippen LogP contribution >= 0.6 is 0 Å². The summed E-state index contributed by atoms with van der Waals surface area (Å²) >= 11 is 0. The fourth-order valence-electron chi connectivity index (χ4n) is 2.37. The van der Waals surface area contributed by atoms with Gasteiger partial charge in [0, 0.05) is 30.7 Å². The van der Waals surface area contributed by atoms with Crippen molar-refractivity contribution in [1.29, 1.82) is 0 Å². The summed E-state index contributed by atoms with van der Waals surface area (Å²) in [4.78, 5) is 16.1. The van der Waals surface area contributed by atoms with Crippen LogP contribution in [0.15, 0.2) is 67.3 Å². The molecule has 0 unspecified atom stereocenters. The Kier molecular flexibility index (Phi) is 5.41. The Balaban J connectivity index is 1.46. The molecule has 0 spiro atoms. The zero-order chi connectivity index (χ0) is 17.5. The molecule has 2 aromatic heterocycles. The second-order valence-electron chi connectivity index (χ2n) is 5.59. The summed E-state index contributed by atoms with van der Waals surface area (Å²) in [5.74, 6) is 0.532. The number of amides is 1. The van der Waals surface area contributed by atoms with E-state index in [0.717, 1.165) is 11.1 Å². The average molecular weight is 336 g/mol. The van der Waals surface area contributed by atoms with Crippen molar-refractivity contribution in [3.8, 4) is 16.9 Å². The summed E-state index contributed by atoms with van der Waals surface area (Å²) in [7, 11) is 0. The maximum absolute atomic E-state index is 12.1. The van der Waals surface area contributed by atoms with Crippen molar-refractivity contribution in [3.63, 3.8) is 0 Å². The number of hydrogen-bond donors (Lipinski definition) is 1. The molecule has 0 aliphatic carbocycles. The van der Waals surface area contributed by atoms with Crippen LogP contribution in [0.4, 0.5) is 0 Å². The molecule has 0 saturated heterocycles. The Bertz CT molecular complexity index is 803. The van der Waals surface area contributed by atoms with Gasteiger partial charge in [0.2, 0.25) is 0 Å². The molecule has 6 nitrogen and oxygen atoms in total. The number of carbonyl (C=O) groups is 1. The predicted molar refractivity (Wildman–Crippen MR) is 95.0 cm³/mol. The second-order valence-corrected chi connectivity index (χ2v) is 5.59. The van der Waals surface area contributed by atoms with Gasteiger partial charge in [0.15, 0.2) is 6.10 Å². The van der Waals surface area contributed by atoms with E-state index in [0.29, 0.717) is 18.8 Å². The summed E-state index contributed by atoms with van der Waals surface area (Å²) in [6.07, 6.45) is 6.71. The van der Waals surface area contributed by atoms with Gasteiger partial charge in [0.1, 0.15) is 5.75 Å². The molecular weight excluding hydrogens is 316 g/mol. The highest BCUT2D eigenvalue weighted by Crippen LogP contribution is 2.16. The van der Waals surface area contributed by atoms with E-state index in [9.17, 15) is 4.79 Å². The second kappa shape index (κ2) is 8.10. The van der Waals surface area contributed by atoms with Crippen LogP contribution in [0.3, 0.4) is 0 Å². The molecule has 6 heteroatoms. The fraction of sp³-hybridized carbons (Fsp3) is 0.211. The van der Waals surface area contributed by atoms with Crippen LogP contribution in [0, 0.1) is 0 Å². The summed E-state index contributed by atoms with van der Waals surface area (Å²) in [6.45, 7) is 2.81. The number of nitrogens with one attached hydrogen (secondary N) is 1. The quantitative estimate of drug-likeness (QED) is 0.720. The summed E-state index contributed by atoms with van der Waals surface area (Å²) in [6, 6.07) is 13.2. The van der Waals surface area contributed by atoms with Crippen molar-refractivity contribution in [1.82, 2.24) is 20.1 Å². The van der Waals surface area contributed by atoms with Crippen LogP contribution in [0.25, 0.3) is 11.1 Å². The highest BCUT2D eigenvalue weighted by atomic mass is 16.5. The first-order valence-electron chi connectivity index (χ1n) is 8.14. The topological polar surface area (TPSA) is 69.0 Å². The van der Waals surface area contributed by atoms with E-state index in [1.165, 1.54) is 0 Å². The smallest absolute Gasteiger partial charge is 0.260 e. The number of ether oxygens (including phenoxy) is 1. The molecule has 1 N–H and O–H groups in total. The Morgan fingerprint density at radius 2 is 1.92 bits per heavy atom. The van der Waals surface area contributed by atoms with E-state index in [-0.39, 0.29) is 5.91 Å². The van der Waals surface area contributed by atoms with Gasteiger partial charge in [-0.05, 0) is 36.8 Å². The summed E-state index contributed by atoms with van der Waals surface area (Å²) in [5, 5.41) is 7.18. The lowest BCUT2D eigenvalue weighted by molar-refractivity contribution is -0.127. The molecule has 0 fully saturated rings. The van der Waals surface area contributed by atoms with Crippen molar-refractivity contribution in [3.05, 3.63) is 67.3 Å². The molecule has 2 heterocycles. The summed E-state index contributed by atoms with van der Waals surface area (Å²) in [5.41, 5.74) is 2.09. The van der Waals surface area contributed by atoms with E-state index >= 15 is 0 Å². The van der Waals surface area contributed by atoms with E-state index in [1.807, 2.05) is 48.7 Å². The largest absolute Gasteiger partial charge is 0.481 e. The van der Waals surface area contributed by atoms with Crippen LogP contribution in [-0.4, -0.2) is 33.3 Å². The van der Waals surface area contributed by atoms with Crippen molar-refractivity contribution in [2.75, 3.05) is 6.54 Å². The number of hydrogen-bond acceptors (Lipinski definition) is 4. The van der Waals surface area contributed by atoms with Crippen molar-refractivity contribution >= 4 is 5.91 Å². The molecule has 0 radical (unpaired) electrons. The minimum absolute atomic E-state index is 0.148. The normalized spacial score (nSPS) is 11.7. The van der Waals surface area contributed by atoms with Crippen molar-refractivity contribution < 1.29 is 9.53 Å². The maximum Gasteiger partial charge on any atom is 0.260 e. The monoisotopic (exact) mass is 336 g/mol. The zero-order valence-corrected chi connectivity index (χ0v) is 14.0. The number of pyridine rings is 1. The molecule has 3 rings (SSSR count). The third-order valence-corrected chi connectivity index (χ3v) is 3.71. The standard InChI is InChI=1S/C19H20N4O2/c1-15(25-18-5-3-2-4-6-18)19(24)21-11-12-23-14-17(13-22-23)16-7-9-20-10-8-16/h2-10,13-15H,11-12H2,1H3,(H,21,24)/t15-/m1/s1. The summed E-state index contributed by atoms with van der Waals surface area (Å²) < 4.78 is 7.40. The van der Waals surface area contributed by atoms with E-state index in [2.05, 4.69) is 15.4 Å². The van der Waals surface area contributed by atoms with Gasteiger partial charge in [-0.3, -0.25) is 14.5 Å². The minimum atomic E-state index is -0.549. The molecule has 0 aliphatic heterocycles. The highest BCUT2D eigenvalue weighted by molar-refractivity contribution is 5.80. The Morgan fingerprint density at radius 1 is 1.16 bits per heavy atom. The average Bonchev–Trinajstić information content (AvgIpc) is 3.12. The number of nitrogens with zero attached hydrogens (tertiary/aromatic N) is 3. The van der Waals surface area contributed by atoms with Crippen molar-refractivity contribution in [2.45, 2.75) is 19.6 Å². The molecule has 128 valence electrons. The lowest BCUT2D eigenvalue weighted by Gasteiger charge is -2.14. The number of rotatable bonds is 7. The Morgan fingerprint density at radius 3 is 2.68 bits per heavy atom. The number of aromatic nitrogens is 3. The molecule has 1 atom stereocenters. The third kappa shape index (κ3) is 4.67. The predicted octanol–water partition coefficient (Wildman–Crippen LogP) is 2.53. The molecular formula is C19H20N4O2. The van der Waals surface area contributed by atoms with Crippen LogP contribution < -0.4 is 10.1 Å². The SMILES string of the molecule is C[C@@H](Oc1ccccc1)C(=O)NCCn1cc(-c2ccncc2)cn1. The van der Waals surface area contributed by atoms with Crippen LogP contribution in [-0.2, 0) is 11.3 Å². The first-order chi connectivity index (χ1) is 12.2. The van der Waals surface area contributed by atoms with E-state index in [1.54, 1.807) is 30.2 Å². The fourth-order valence-corrected chi connectivity index (χ4v) is 2.37. The molecule has 1 aromatic carbocycles. The van der Waals surface area contributed by atoms with Gasteiger partial charge >= 0.3 is 0 Å². The van der Waals surface area contributed by atoms with Gasteiger partial charge in [-0.25, -0.2) is 0 Å². The maximum atomic E-state index is 12.1. The number of para-hydroxylation sites is 1. The van der Waals surface area contributed by atoms with Crippen LogP contribution in [0.1, 0.15) is 6.92 Å². The third-order valence-electron chi connectivity index (χ3n) is 3.71. The molecule has 0 aliphatic rings. The molecule has 1 amide bonds. The molecule has 0 saturated carbocycles. The van der Waals surface area contributed by atoms with Gasteiger partial charge < -0.3 is 10.1 Å². The minimum Gasteiger partial charge on any atom is -0.481 e. The first-order valence-corrected chi connectivity index (χ1v) is 8.14. The van der Waals surface area contributed by atoms with Gasteiger partial charge in [-0.2, -0.15) is 5.10 Å². The van der Waals surface area contributed by atoms with Crippen LogP contribution in [0.5, 0.6) is 5.75 Å². The van der Waals surface area contributed by atoms with E-state index in [4.69, 9.17) is 4.74 Å². The van der Waals surface area contributed by atoms with Gasteiger partial charge in [-0.15, -0.1) is 0 Å². The number of benzene rings is 1. The molecule has 3 aromatic rings. The van der Waals surface area contributed by atoms with Crippen LogP contribution in [0.2, 0.25) is 0 Å². The zero-order valence-electron chi connectivity index (χ0n) is 14.0.